The lowest BCUT2D eigenvalue weighted by Crippen LogP contribution is -2.24. The SMILES string of the molecule is Cn1c(CNC(=O)c2ccco2)nnc1SCC(=O)Nc1nc(-c2ccccc2)cs1. The lowest BCUT2D eigenvalue weighted by molar-refractivity contribution is -0.113. The van der Waals surface area contributed by atoms with E-state index in [4.69, 9.17) is 4.42 Å². The highest BCUT2D eigenvalue weighted by molar-refractivity contribution is 7.99. The predicted octanol–water partition coefficient (Wildman–Crippen LogP) is 3.19. The van der Waals surface area contributed by atoms with Crippen LogP contribution in [0.4, 0.5) is 5.13 Å². The van der Waals surface area contributed by atoms with E-state index in [2.05, 4.69) is 25.8 Å². The van der Waals surface area contributed by atoms with Crippen LogP contribution in [0.2, 0.25) is 0 Å². The maximum absolute atomic E-state index is 12.3. The van der Waals surface area contributed by atoms with Crippen LogP contribution in [-0.4, -0.2) is 37.3 Å². The van der Waals surface area contributed by atoms with E-state index in [1.165, 1.54) is 29.4 Å². The van der Waals surface area contributed by atoms with Crippen LogP contribution in [0, 0.1) is 0 Å². The Morgan fingerprint density at radius 1 is 1.16 bits per heavy atom. The molecule has 158 valence electrons. The number of rotatable bonds is 8. The number of furan rings is 1. The molecule has 0 radical (unpaired) electrons. The van der Waals surface area contributed by atoms with Crippen LogP contribution in [0.25, 0.3) is 11.3 Å². The van der Waals surface area contributed by atoms with Crippen molar-refractivity contribution in [1.82, 2.24) is 25.1 Å². The van der Waals surface area contributed by atoms with E-state index in [9.17, 15) is 9.59 Å². The molecule has 3 heterocycles. The van der Waals surface area contributed by atoms with Crippen molar-refractivity contribution in [2.75, 3.05) is 11.1 Å². The number of hydrogen-bond donors (Lipinski definition) is 2. The standard InChI is InChI=1S/C20H18N6O3S2/c1-26-16(10-21-18(28)15-8-5-9-29-15)24-25-20(26)31-12-17(27)23-19-22-14(11-30-19)13-6-3-2-4-7-13/h2-9,11H,10,12H2,1H3,(H,21,28)(H,22,23,27). The number of hydrogen-bond acceptors (Lipinski definition) is 8. The van der Waals surface area contributed by atoms with Crippen molar-refractivity contribution in [3.8, 4) is 11.3 Å². The second kappa shape index (κ2) is 9.58. The molecular formula is C20H18N6O3S2. The second-order valence-corrected chi connectivity index (χ2v) is 8.16. The van der Waals surface area contributed by atoms with E-state index >= 15 is 0 Å². The fraction of sp³-hybridized carbons (Fsp3) is 0.150. The van der Waals surface area contributed by atoms with E-state index < -0.39 is 0 Å². The number of thioether (sulfide) groups is 1. The number of carbonyl (C=O) groups is 2. The summed E-state index contributed by atoms with van der Waals surface area (Å²) in [7, 11) is 1.78. The van der Waals surface area contributed by atoms with E-state index in [0.717, 1.165) is 11.3 Å². The van der Waals surface area contributed by atoms with Crippen LogP contribution in [0.5, 0.6) is 0 Å². The van der Waals surface area contributed by atoms with E-state index in [1.54, 1.807) is 23.7 Å². The molecule has 0 unspecified atom stereocenters. The molecule has 0 aliphatic heterocycles. The number of nitrogens with zero attached hydrogens (tertiary/aromatic N) is 4. The molecule has 0 atom stereocenters. The van der Waals surface area contributed by atoms with Gasteiger partial charge in [-0.25, -0.2) is 4.98 Å². The van der Waals surface area contributed by atoms with Gasteiger partial charge in [-0.3, -0.25) is 9.59 Å². The van der Waals surface area contributed by atoms with Gasteiger partial charge in [0.2, 0.25) is 5.91 Å². The van der Waals surface area contributed by atoms with Crippen LogP contribution >= 0.6 is 23.1 Å². The molecule has 1 aromatic carbocycles. The van der Waals surface area contributed by atoms with Crippen molar-refractivity contribution in [2.45, 2.75) is 11.7 Å². The van der Waals surface area contributed by atoms with Crippen molar-refractivity contribution in [1.29, 1.82) is 0 Å². The smallest absolute Gasteiger partial charge is 0.287 e. The highest BCUT2D eigenvalue weighted by Crippen LogP contribution is 2.25. The van der Waals surface area contributed by atoms with Gasteiger partial charge in [0, 0.05) is 18.0 Å². The lowest BCUT2D eigenvalue weighted by Gasteiger charge is -2.05. The summed E-state index contributed by atoms with van der Waals surface area (Å²) < 4.78 is 6.79. The Hall–Kier alpha value is -3.44. The zero-order chi connectivity index (χ0) is 21.6. The third-order valence-electron chi connectivity index (χ3n) is 4.23. The van der Waals surface area contributed by atoms with Gasteiger partial charge >= 0.3 is 0 Å². The number of anilines is 1. The minimum absolute atomic E-state index is 0.158. The third-order valence-corrected chi connectivity index (χ3v) is 6.01. The summed E-state index contributed by atoms with van der Waals surface area (Å²) in [5.41, 5.74) is 1.82. The molecule has 9 nitrogen and oxygen atoms in total. The van der Waals surface area contributed by atoms with Crippen LogP contribution < -0.4 is 10.6 Å². The Kier molecular flexibility index (Phi) is 6.43. The Morgan fingerprint density at radius 2 is 2.00 bits per heavy atom. The number of carbonyl (C=O) groups excluding carboxylic acids is 2. The summed E-state index contributed by atoms with van der Waals surface area (Å²) in [6.45, 7) is 0.192. The first-order valence-electron chi connectivity index (χ1n) is 9.23. The minimum Gasteiger partial charge on any atom is -0.459 e. The number of nitrogens with one attached hydrogen (secondary N) is 2. The summed E-state index contributed by atoms with van der Waals surface area (Å²) in [6.07, 6.45) is 1.44. The van der Waals surface area contributed by atoms with Crippen molar-refractivity contribution >= 4 is 40.0 Å². The highest BCUT2D eigenvalue weighted by atomic mass is 32.2. The second-order valence-electron chi connectivity index (χ2n) is 6.36. The predicted molar refractivity (Wildman–Crippen MR) is 118 cm³/mol. The van der Waals surface area contributed by atoms with E-state index in [-0.39, 0.29) is 29.9 Å². The zero-order valence-corrected chi connectivity index (χ0v) is 18.1. The molecule has 0 bridgehead atoms. The molecule has 0 saturated heterocycles. The molecule has 2 amide bonds. The molecule has 31 heavy (non-hydrogen) atoms. The molecule has 4 rings (SSSR count). The fourth-order valence-electron chi connectivity index (χ4n) is 2.64. The van der Waals surface area contributed by atoms with Gasteiger partial charge in [0.25, 0.3) is 5.91 Å². The van der Waals surface area contributed by atoms with Crippen LogP contribution in [0.3, 0.4) is 0 Å². The summed E-state index contributed by atoms with van der Waals surface area (Å²) in [4.78, 5) is 28.7. The molecule has 0 saturated carbocycles. The summed E-state index contributed by atoms with van der Waals surface area (Å²) in [5.74, 6) is 0.432. The first kappa shape index (κ1) is 20.8. The van der Waals surface area contributed by atoms with Crippen LogP contribution in [0.1, 0.15) is 16.4 Å². The molecule has 2 N–H and O–H groups in total. The number of aromatic nitrogens is 4. The Balaban J connectivity index is 1.28. The van der Waals surface area contributed by atoms with Crippen LogP contribution in [0.15, 0.2) is 63.7 Å². The topological polar surface area (TPSA) is 115 Å². The van der Waals surface area contributed by atoms with Crippen molar-refractivity contribution in [2.24, 2.45) is 7.05 Å². The van der Waals surface area contributed by atoms with Crippen molar-refractivity contribution in [3.05, 3.63) is 65.7 Å². The maximum atomic E-state index is 12.3. The van der Waals surface area contributed by atoms with Crippen molar-refractivity contribution < 1.29 is 14.0 Å². The maximum Gasteiger partial charge on any atom is 0.287 e. The van der Waals surface area contributed by atoms with E-state index in [1.807, 2.05) is 35.7 Å². The molecule has 0 aliphatic rings. The lowest BCUT2D eigenvalue weighted by atomic mass is 10.2. The average molecular weight is 455 g/mol. The van der Waals surface area contributed by atoms with Gasteiger partial charge in [-0.05, 0) is 12.1 Å². The first-order valence-corrected chi connectivity index (χ1v) is 11.1. The Bertz CT molecular complexity index is 1170. The molecule has 0 fully saturated rings. The molecule has 0 spiro atoms. The highest BCUT2D eigenvalue weighted by Gasteiger charge is 2.15. The van der Waals surface area contributed by atoms with Gasteiger partial charge in [-0.2, -0.15) is 0 Å². The summed E-state index contributed by atoms with van der Waals surface area (Å²) in [5, 5.41) is 16.7. The Labute approximate surface area is 185 Å². The van der Waals surface area contributed by atoms with Gasteiger partial charge in [0.1, 0.15) is 0 Å². The first-order chi connectivity index (χ1) is 15.1. The molecule has 3 aromatic heterocycles. The number of benzene rings is 1. The van der Waals surface area contributed by atoms with Crippen molar-refractivity contribution in [3.63, 3.8) is 0 Å². The largest absolute Gasteiger partial charge is 0.459 e. The van der Waals surface area contributed by atoms with Gasteiger partial charge < -0.3 is 19.6 Å². The number of thiazole rings is 1. The Morgan fingerprint density at radius 3 is 2.77 bits per heavy atom. The van der Waals surface area contributed by atoms with E-state index in [0.29, 0.717) is 16.1 Å². The molecule has 11 heteroatoms. The van der Waals surface area contributed by atoms with Gasteiger partial charge in [-0.15, -0.1) is 21.5 Å². The normalized spacial score (nSPS) is 10.7. The summed E-state index contributed by atoms with van der Waals surface area (Å²) >= 11 is 2.63. The number of amides is 2. The van der Waals surface area contributed by atoms with Gasteiger partial charge in [-0.1, -0.05) is 42.1 Å². The fourth-order valence-corrected chi connectivity index (χ4v) is 4.10. The summed E-state index contributed by atoms with van der Waals surface area (Å²) in [6, 6.07) is 13.0. The monoisotopic (exact) mass is 454 g/mol. The molecular weight excluding hydrogens is 436 g/mol. The van der Waals surface area contributed by atoms with Gasteiger partial charge in [0.15, 0.2) is 21.9 Å². The third kappa shape index (κ3) is 5.19. The average Bonchev–Trinajstić information content (AvgIpc) is 3.54. The van der Waals surface area contributed by atoms with Gasteiger partial charge in [0.05, 0.1) is 24.3 Å². The molecule has 0 aliphatic carbocycles. The van der Waals surface area contributed by atoms with Crippen LogP contribution in [-0.2, 0) is 18.4 Å². The molecule has 4 aromatic rings. The quantitative estimate of drug-likeness (QED) is 0.393. The zero-order valence-electron chi connectivity index (χ0n) is 16.4. The minimum atomic E-state index is -0.333.